The molecular weight excluding hydrogens is 278 g/mol. The Bertz CT molecular complexity index is 596. The van der Waals surface area contributed by atoms with Gasteiger partial charge in [0.2, 0.25) is 0 Å². The molecule has 3 rings (SSSR count). The van der Waals surface area contributed by atoms with Crippen LogP contribution < -0.4 is 0 Å². The van der Waals surface area contributed by atoms with Gasteiger partial charge in [0.05, 0.1) is 0 Å². The minimum Gasteiger partial charge on any atom is -0.350 e. The molecule has 2 nitrogen and oxygen atoms in total. The number of halogens is 1. The lowest BCUT2D eigenvalue weighted by Gasteiger charge is -2.23. The van der Waals surface area contributed by atoms with E-state index in [0.717, 1.165) is 33.8 Å². The quantitative estimate of drug-likeness (QED) is 0.769. The Morgan fingerprint density at radius 3 is 2.82 bits per heavy atom. The summed E-state index contributed by atoms with van der Waals surface area (Å²) in [6.45, 7) is 0. The molecule has 0 spiro atoms. The van der Waals surface area contributed by atoms with E-state index in [4.69, 9.17) is 0 Å². The van der Waals surface area contributed by atoms with Crippen molar-refractivity contribution >= 4 is 32.6 Å². The first kappa shape index (κ1) is 11.0. The van der Waals surface area contributed by atoms with Gasteiger partial charge in [-0.1, -0.05) is 22.4 Å². The van der Waals surface area contributed by atoms with Gasteiger partial charge in [-0.15, -0.1) is 0 Å². The number of rotatable bonds is 2. The van der Waals surface area contributed by atoms with Gasteiger partial charge >= 0.3 is 0 Å². The number of aromatic nitrogens is 1. The van der Waals surface area contributed by atoms with Crippen LogP contribution in [0.3, 0.4) is 0 Å². The van der Waals surface area contributed by atoms with E-state index in [2.05, 4.69) is 22.0 Å². The molecule has 0 saturated heterocycles. The predicted octanol–water partition coefficient (Wildman–Crippen LogP) is 3.92. The largest absolute Gasteiger partial charge is 0.350 e. The van der Waals surface area contributed by atoms with Crippen molar-refractivity contribution in [1.29, 1.82) is 0 Å². The zero-order valence-electron chi connectivity index (χ0n) is 9.74. The topological polar surface area (TPSA) is 22.0 Å². The first-order valence-corrected chi connectivity index (χ1v) is 6.75. The number of carbonyl (C=O) groups excluding carboxylic acids is 1. The van der Waals surface area contributed by atoms with E-state index in [1.165, 1.54) is 6.42 Å². The van der Waals surface area contributed by atoms with Gasteiger partial charge < -0.3 is 4.57 Å². The Morgan fingerprint density at radius 2 is 2.18 bits per heavy atom. The van der Waals surface area contributed by atoms with Gasteiger partial charge in [-0.2, -0.15) is 0 Å². The molecular formula is C14H14BrNO. The zero-order valence-corrected chi connectivity index (χ0v) is 11.3. The molecule has 88 valence electrons. The number of benzene rings is 1. The van der Waals surface area contributed by atoms with Gasteiger partial charge in [0.25, 0.3) is 0 Å². The highest BCUT2D eigenvalue weighted by Crippen LogP contribution is 2.33. The Hall–Kier alpha value is -1.09. The summed E-state index contributed by atoms with van der Waals surface area (Å²) in [5.41, 5.74) is 2.00. The number of carbonyl (C=O) groups is 1. The van der Waals surface area contributed by atoms with Gasteiger partial charge in [-0.3, -0.25) is 4.79 Å². The Morgan fingerprint density at radius 1 is 1.41 bits per heavy atom. The highest BCUT2D eigenvalue weighted by molar-refractivity contribution is 9.10. The van der Waals surface area contributed by atoms with Crippen molar-refractivity contribution in [1.82, 2.24) is 4.57 Å². The second-order valence-corrected chi connectivity index (χ2v) is 5.72. The highest BCUT2D eigenvalue weighted by atomic mass is 79.9. The summed E-state index contributed by atoms with van der Waals surface area (Å²) in [5, 5.41) is 1.07. The molecule has 2 aromatic rings. The van der Waals surface area contributed by atoms with Crippen molar-refractivity contribution in [2.45, 2.75) is 19.3 Å². The molecule has 1 saturated carbocycles. The van der Waals surface area contributed by atoms with Gasteiger partial charge in [-0.05, 0) is 31.0 Å². The van der Waals surface area contributed by atoms with Crippen molar-refractivity contribution in [2.24, 2.45) is 13.0 Å². The van der Waals surface area contributed by atoms with E-state index in [0.29, 0.717) is 5.78 Å². The second kappa shape index (κ2) is 3.98. The van der Waals surface area contributed by atoms with Crippen LogP contribution in [-0.4, -0.2) is 10.4 Å². The third kappa shape index (κ3) is 1.73. The minimum atomic E-state index is 0.264. The summed E-state index contributed by atoms with van der Waals surface area (Å²) < 4.78 is 3.06. The second-order valence-electron chi connectivity index (χ2n) is 4.81. The van der Waals surface area contributed by atoms with E-state index >= 15 is 0 Å². The molecule has 0 aliphatic heterocycles. The molecule has 1 aliphatic carbocycles. The molecule has 0 N–H and O–H groups in total. The predicted molar refractivity (Wildman–Crippen MR) is 72.3 cm³/mol. The average molecular weight is 292 g/mol. The molecule has 3 heteroatoms. The summed E-state index contributed by atoms with van der Waals surface area (Å²) in [6, 6.07) is 6.11. The van der Waals surface area contributed by atoms with Gasteiger partial charge in [0.15, 0.2) is 5.78 Å². The Kier molecular flexibility index (Phi) is 2.58. The van der Waals surface area contributed by atoms with E-state index in [1.54, 1.807) is 0 Å². The molecule has 0 amide bonds. The minimum absolute atomic E-state index is 0.264. The van der Waals surface area contributed by atoms with Crippen LogP contribution in [0.25, 0.3) is 10.9 Å². The van der Waals surface area contributed by atoms with Crippen LogP contribution in [0, 0.1) is 5.92 Å². The third-order valence-electron chi connectivity index (χ3n) is 3.69. The van der Waals surface area contributed by atoms with Crippen molar-refractivity contribution in [3.8, 4) is 0 Å². The molecule has 0 atom stereocenters. The number of fused-ring (bicyclic) bond motifs is 1. The van der Waals surface area contributed by atoms with Crippen LogP contribution in [0.1, 0.15) is 29.6 Å². The summed E-state index contributed by atoms with van der Waals surface area (Å²) in [5.74, 6) is 0.583. The summed E-state index contributed by atoms with van der Waals surface area (Å²) in [7, 11) is 1.99. The van der Waals surface area contributed by atoms with E-state index in [1.807, 2.05) is 29.9 Å². The van der Waals surface area contributed by atoms with Crippen LogP contribution >= 0.6 is 15.9 Å². The fourth-order valence-electron chi connectivity index (χ4n) is 2.45. The van der Waals surface area contributed by atoms with Gasteiger partial charge in [0.1, 0.15) is 0 Å². The molecule has 1 aromatic carbocycles. The molecule has 0 radical (unpaired) electrons. The lowest BCUT2D eigenvalue weighted by atomic mass is 9.80. The maximum absolute atomic E-state index is 12.3. The molecule has 1 aliphatic rings. The molecule has 1 heterocycles. The Labute approximate surface area is 109 Å². The van der Waals surface area contributed by atoms with Crippen molar-refractivity contribution in [2.75, 3.05) is 0 Å². The van der Waals surface area contributed by atoms with Crippen LogP contribution in [0.2, 0.25) is 0 Å². The van der Waals surface area contributed by atoms with Crippen molar-refractivity contribution < 1.29 is 4.79 Å². The maximum atomic E-state index is 12.3. The Balaban J connectivity index is 2.15. The van der Waals surface area contributed by atoms with Crippen molar-refractivity contribution in [3.05, 3.63) is 34.4 Å². The smallest absolute Gasteiger partial charge is 0.168 e. The van der Waals surface area contributed by atoms with E-state index < -0.39 is 0 Å². The van der Waals surface area contributed by atoms with Gasteiger partial charge in [0, 0.05) is 40.1 Å². The molecule has 0 unspecified atom stereocenters. The zero-order chi connectivity index (χ0) is 12.0. The lowest BCUT2D eigenvalue weighted by molar-refractivity contribution is 0.0857. The number of hydrogen-bond donors (Lipinski definition) is 0. The first-order valence-electron chi connectivity index (χ1n) is 5.95. The fourth-order valence-corrected chi connectivity index (χ4v) is 2.81. The standard InChI is InChI=1S/C14H14BrNO/c1-16-8-12(14(17)9-3-2-4-9)11-7-10(15)5-6-13(11)16/h5-9H,2-4H2,1H3. The van der Waals surface area contributed by atoms with Crippen LogP contribution in [0.4, 0.5) is 0 Å². The molecule has 0 bridgehead atoms. The molecule has 1 fully saturated rings. The van der Waals surface area contributed by atoms with Crippen molar-refractivity contribution in [3.63, 3.8) is 0 Å². The molecule has 1 aromatic heterocycles. The van der Waals surface area contributed by atoms with Crippen LogP contribution in [0.15, 0.2) is 28.9 Å². The summed E-state index contributed by atoms with van der Waals surface area (Å²) in [6.07, 6.45) is 5.29. The lowest BCUT2D eigenvalue weighted by Crippen LogP contribution is -2.21. The SMILES string of the molecule is Cn1cc(C(=O)C2CCC2)c2cc(Br)ccc21. The number of hydrogen-bond acceptors (Lipinski definition) is 1. The molecule has 17 heavy (non-hydrogen) atoms. The normalized spacial score (nSPS) is 16.1. The number of Topliss-reactive ketones (excluding diaryl/α,β-unsaturated/α-hetero) is 1. The summed E-state index contributed by atoms with van der Waals surface area (Å²) >= 11 is 3.47. The number of ketones is 1. The maximum Gasteiger partial charge on any atom is 0.168 e. The number of aryl methyl sites for hydroxylation is 1. The highest BCUT2D eigenvalue weighted by Gasteiger charge is 2.28. The van der Waals surface area contributed by atoms with Gasteiger partial charge in [-0.25, -0.2) is 0 Å². The van der Waals surface area contributed by atoms with Crippen LogP contribution in [-0.2, 0) is 7.05 Å². The first-order chi connectivity index (χ1) is 8.16. The number of nitrogens with zero attached hydrogens (tertiary/aromatic N) is 1. The average Bonchev–Trinajstić information content (AvgIpc) is 2.53. The van der Waals surface area contributed by atoms with E-state index in [9.17, 15) is 4.79 Å². The third-order valence-corrected chi connectivity index (χ3v) is 4.19. The fraction of sp³-hybridized carbons (Fsp3) is 0.357. The summed E-state index contributed by atoms with van der Waals surface area (Å²) in [4.78, 5) is 12.3. The van der Waals surface area contributed by atoms with Crippen LogP contribution in [0.5, 0.6) is 0 Å². The van der Waals surface area contributed by atoms with E-state index in [-0.39, 0.29) is 5.92 Å². The monoisotopic (exact) mass is 291 g/mol.